The minimum Gasteiger partial charge on any atom is -0.356 e. The standard InChI is InChI=1S/C14H14BrNOS/c1-2-3-14(17)16-7-6-10-9-18-13-5-4-11(15)8-12(10)13/h2,4-5,8-9H,1,3,6-7H2,(H,16,17). The van der Waals surface area contributed by atoms with Crippen molar-refractivity contribution in [3.05, 3.63) is 46.3 Å². The molecule has 0 radical (unpaired) electrons. The molecule has 0 fully saturated rings. The lowest BCUT2D eigenvalue weighted by molar-refractivity contribution is -0.120. The summed E-state index contributed by atoms with van der Waals surface area (Å²) in [5.41, 5.74) is 1.29. The Labute approximate surface area is 119 Å². The smallest absolute Gasteiger partial charge is 0.223 e. The molecule has 2 rings (SSSR count). The quantitative estimate of drug-likeness (QED) is 0.831. The van der Waals surface area contributed by atoms with Gasteiger partial charge >= 0.3 is 0 Å². The zero-order chi connectivity index (χ0) is 13.0. The van der Waals surface area contributed by atoms with E-state index in [0.29, 0.717) is 13.0 Å². The van der Waals surface area contributed by atoms with Crippen LogP contribution in [0, 0.1) is 0 Å². The monoisotopic (exact) mass is 323 g/mol. The van der Waals surface area contributed by atoms with Gasteiger partial charge in [-0.2, -0.15) is 0 Å². The fourth-order valence-corrected chi connectivity index (χ4v) is 3.13. The Morgan fingerprint density at radius 3 is 3.11 bits per heavy atom. The molecule has 0 atom stereocenters. The van der Waals surface area contributed by atoms with E-state index < -0.39 is 0 Å². The Hall–Kier alpha value is -1.13. The summed E-state index contributed by atoms with van der Waals surface area (Å²) in [6.07, 6.45) is 2.86. The molecule has 1 aromatic carbocycles. The fraction of sp³-hybridized carbons (Fsp3) is 0.214. The highest BCUT2D eigenvalue weighted by Crippen LogP contribution is 2.28. The first kappa shape index (κ1) is 13.3. The number of fused-ring (bicyclic) bond motifs is 1. The Morgan fingerprint density at radius 1 is 1.50 bits per heavy atom. The summed E-state index contributed by atoms with van der Waals surface area (Å²) in [6.45, 7) is 4.22. The highest BCUT2D eigenvalue weighted by Gasteiger charge is 2.05. The number of thiophene rings is 1. The van der Waals surface area contributed by atoms with Gasteiger partial charge in [0.1, 0.15) is 0 Å². The predicted molar refractivity (Wildman–Crippen MR) is 81.1 cm³/mol. The summed E-state index contributed by atoms with van der Waals surface area (Å²) in [5, 5.41) is 6.32. The van der Waals surface area contributed by atoms with E-state index in [2.05, 4.69) is 51.4 Å². The maximum absolute atomic E-state index is 11.3. The van der Waals surface area contributed by atoms with E-state index in [1.807, 2.05) is 0 Å². The van der Waals surface area contributed by atoms with Crippen molar-refractivity contribution < 1.29 is 4.79 Å². The molecule has 2 aromatic rings. The molecule has 0 aliphatic carbocycles. The van der Waals surface area contributed by atoms with Gasteiger partial charge in [-0.05, 0) is 40.9 Å². The predicted octanol–water partition coefficient (Wildman–Crippen LogP) is 3.90. The molecule has 4 heteroatoms. The third-order valence-corrected chi connectivity index (χ3v) is 4.17. The summed E-state index contributed by atoms with van der Waals surface area (Å²) in [4.78, 5) is 11.3. The van der Waals surface area contributed by atoms with Crippen molar-refractivity contribution in [1.82, 2.24) is 5.32 Å². The molecular formula is C14H14BrNOS. The fourth-order valence-electron chi connectivity index (χ4n) is 1.79. The average Bonchev–Trinajstić information content (AvgIpc) is 2.72. The maximum atomic E-state index is 11.3. The number of halogens is 1. The average molecular weight is 324 g/mol. The van der Waals surface area contributed by atoms with Crippen LogP contribution in [0.1, 0.15) is 12.0 Å². The zero-order valence-corrected chi connectivity index (χ0v) is 12.3. The zero-order valence-electron chi connectivity index (χ0n) is 9.91. The topological polar surface area (TPSA) is 29.1 Å². The molecule has 0 aliphatic heterocycles. The van der Waals surface area contributed by atoms with Gasteiger partial charge in [-0.15, -0.1) is 17.9 Å². The number of benzene rings is 1. The van der Waals surface area contributed by atoms with Gasteiger partial charge in [-0.25, -0.2) is 0 Å². The molecular weight excluding hydrogens is 310 g/mol. The Morgan fingerprint density at radius 2 is 2.33 bits per heavy atom. The van der Waals surface area contributed by atoms with Gasteiger partial charge in [0.25, 0.3) is 0 Å². The van der Waals surface area contributed by atoms with Crippen molar-refractivity contribution >= 4 is 43.3 Å². The van der Waals surface area contributed by atoms with Crippen molar-refractivity contribution in [1.29, 1.82) is 0 Å². The normalized spacial score (nSPS) is 10.5. The second-order valence-corrected chi connectivity index (χ2v) is 5.82. The van der Waals surface area contributed by atoms with Crippen molar-refractivity contribution in [2.75, 3.05) is 6.54 Å². The first-order chi connectivity index (χ1) is 8.70. The summed E-state index contributed by atoms with van der Waals surface area (Å²) in [7, 11) is 0. The molecule has 2 nitrogen and oxygen atoms in total. The van der Waals surface area contributed by atoms with Gasteiger partial charge in [0.05, 0.1) is 0 Å². The first-order valence-corrected chi connectivity index (χ1v) is 7.41. The van der Waals surface area contributed by atoms with E-state index in [1.165, 1.54) is 15.6 Å². The molecule has 0 spiro atoms. The molecule has 1 aromatic heterocycles. The molecule has 18 heavy (non-hydrogen) atoms. The summed E-state index contributed by atoms with van der Waals surface area (Å²) in [5.74, 6) is 0.0331. The Balaban J connectivity index is 2.01. The van der Waals surface area contributed by atoms with Crippen LogP contribution in [0.4, 0.5) is 0 Å². The summed E-state index contributed by atoms with van der Waals surface area (Å²) < 4.78 is 2.37. The highest BCUT2D eigenvalue weighted by molar-refractivity contribution is 9.10. The first-order valence-electron chi connectivity index (χ1n) is 5.74. The minimum absolute atomic E-state index is 0.0331. The molecule has 0 saturated carbocycles. The largest absolute Gasteiger partial charge is 0.356 e. The minimum atomic E-state index is 0.0331. The highest BCUT2D eigenvalue weighted by atomic mass is 79.9. The molecule has 0 aliphatic rings. The van der Waals surface area contributed by atoms with E-state index in [4.69, 9.17) is 0 Å². The van der Waals surface area contributed by atoms with Crippen molar-refractivity contribution in [3.63, 3.8) is 0 Å². The van der Waals surface area contributed by atoms with Crippen LogP contribution in [-0.2, 0) is 11.2 Å². The molecule has 1 heterocycles. The number of hydrogen-bond donors (Lipinski definition) is 1. The van der Waals surface area contributed by atoms with E-state index in [9.17, 15) is 4.79 Å². The maximum Gasteiger partial charge on any atom is 0.223 e. The van der Waals surface area contributed by atoms with Crippen LogP contribution in [-0.4, -0.2) is 12.5 Å². The van der Waals surface area contributed by atoms with Crippen molar-refractivity contribution in [3.8, 4) is 0 Å². The van der Waals surface area contributed by atoms with E-state index in [-0.39, 0.29) is 5.91 Å². The van der Waals surface area contributed by atoms with Crippen LogP contribution in [0.3, 0.4) is 0 Å². The van der Waals surface area contributed by atoms with Gasteiger partial charge in [-0.1, -0.05) is 22.0 Å². The van der Waals surface area contributed by atoms with Gasteiger partial charge in [0.15, 0.2) is 0 Å². The number of amides is 1. The summed E-state index contributed by atoms with van der Waals surface area (Å²) >= 11 is 5.23. The van der Waals surface area contributed by atoms with Gasteiger partial charge in [-0.3, -0.25) is 4.79 Å². The molecule has 0 saturated heterocycles. The number of nitrogens with one attached hydrogen (secondary N) is 1. The molecule has 0 unspecified atom stereocenters. The third-order valence-electron chi connectivity index (χ3n) is 2.66. The van der Waals surface area contributed by atoms with Crippen LogP contribution in [0.15, 0.2) is 40.7 Å². The van der Waals surface area contributed by atoms with Crippen LogP contribution >= 0.6 is 27.3 Å². The molecule has 0 bridgehead atoms. The molecule has 1 amide bonds. The Kier molecular flexibility index (Phi) is 4.55. The molecule has 1 N–H and O–H groups in total. The lowest BCUT2D eigenvalue weighted by atomic mass is 10.1. The second kappa shape index (κ2) is 6.16. The van der Waals surface area contributed by atoms with Gasteiger partial charge < -0.3 is 5.32 Å². The SMILES string of the molecule is C=CCC(=O)NCCc1csc2ccc(Br)cc12. The third kappa shape index (κ3) is 3.21. The van der Waals surface area contributed by atoms with Gasteiger partial charge in [0.2, 0.25) is 5.91 Å². The number of carbonyl (C=O) groups is 1. The Bertz CT molecular complexity index is 576. The van der Waals surface area contributed by atoms with Crippen LogP contribution in [0.2, 0.25) is 0 Å². The van der Waals surface area contributed by atoms with Crippen molar-refractivity contribution in [2.45, 2.75) is 12.8 Å². The van der Waals surface area contributed by atoms with E-state index in [0.717, 1.165) is 10.9 Å². The lowest BCUT2D eigenvalue weighted by Gasteiger charge is -2.03. The summed E-state index contributed by atoms with van der Waals surface area (Å²) in [6, 6.07) is 6.30. The van der Waals surface area contributed by atoms with Gasteiger partial charge in [0, 0.05) is 22.1 Å². The lowest BCUT2D eigenvalue weighted by Crippen LogP contribution is -2.24. The van der Waals surface area contributed by atoms with Crippen LogP contribution in [0.5, 0.6) is 0 Å². The van der Waals surface area contributed by atoms with E-state index in [1.54, 1.807) is 17.4 Å². The van der Waals surface area contributed by atoms with E-state index >= 15 is 0 Å². The number of hydrogen-bond acceptors (Lipinski definition) is 2. The number of rotatable bonds is 5. The van der Waals surface area contributed by atoms with Crippen LogP contribution < -0.4 is 5.32 Å². The van der Waals surface area contributed by atoms with Crippen molar-refractivity contribution in [2.24, 2.45) is 0 Å². The second-order valence-electron chi connectivity index (χ2n) is 3.99. The molecule has 94 valence electrons. The van der Waals surface area contributed by atoms with Crippen LogP contribution in [0.25, 0.3) is 10.1 Å². The number of carbonyl (C=O) groups excluding carboxylic acids is 1.